The Kier molecular flexibility index (Phi) is 5.17. The van der Waals surface area contributed by atoms with Crippen LogP contribution in [0.3, 0.4) is 0 Å². The van der Waals surface area contributed by atoms with Gasteiger partial charge in [0.15, 0.2) is 5.76 Å². The van der Waals surface area contributed by atoms with Crippen LogP contribution in [-0.2, 0) is 4.79 Å². The third-order valence-electron chi connectivity index (χ3n) is 3.06. The molecule has 0 bridgehead atoms. The number of benzene rings is 1. The van der Waals surface area contributed by atoms with Gasteiger partial charge in [0.2, 0.25) is 5.91 Å². The van der Waals surface area contributed by atoms with Crippen LogP contribution in [0.2, 0.25) is 0 Å². The van der Waals surface area contributed by atoms with Crippen molar-refractivity contribution >= 4 is 23.7 Å². The first-order valence-electron chi connectivity index (χ1n) is 7.18. The van der Waals surface area contributed by atoms with Crippen molar-refractivity contribution < 1.29 is 18.4 Å². The van der Waals surface area contributed by atoms with Crippen LogP contribution >= 0.6 is 11.8 Å². The highest BCUT2D eigenvalue weighted by atomic mass is 32.2. The van der Waals surface area contributed by atoms with Gasteiger partial charge in [0.05, 0.1) is 13.4 Å². The number of ether oxygens (including phenoxy) is 1. The van der Waals surface area contributed by atoms with Gasteiger partial charge >= 0.3 is 6.01 Å². The van der Waals surface area contributed by atoms with Crippen LogP contribution in [0.4, 0.5) is 6.01 Å². The van der Waals surface area contributed by atoms with E-state index in [1.54, 1.807) is 31.0 Å². The molecule has 1 aromatic carbocycles. The lowest BCUT2D eigenvalue weighted by Gasteiger charge is -2.03. The molecule has 0 saturated carbocycles. The van der Waals surface area contributed by atoms with Crippen LogP contribution in [0, 0.1) is 0 Å². The minimum absolute atomic E-state index is 0.0563. The maximum absolute atomic E-state index is 11.9. The van der Waals surface area contributed by atoms with Crippen molar-refractivity contribution in [3.8, 4) is 17.4 Å². The summed E-state index contributed by atoms with van der Waals surface area (Å²) in [6, 6.07) is 11.2. The van der Waals surface area contributed by atoms with Crippen LogP contribution in [0.1, 0.15) is 6.42 Å². The van der Waals surface area contributed by atoms with Crippen LogP contribution in [0.15, 0.2) is 56.4 Å². The minimum atomic E-state index is -0.189. The van der Waals surface area contributed by atoms with E-state index in [-0.39, 0.29) is 17.8 Å². The summed E-state index contributed by atoms with van der Waals surface area (Å²) >= 11 is 1.58. The number of aromatic nitrogens is 2. The summed E-state index contributed by atoms with van der Waals surface area (Å²) in [5.74, 6) is 1.93. The zero-order valence-corrected chi connectivity index (χ0v) is 13.7. The number of furan rings is 1. The summed E-state index contributed by atoms with van der Waals surface area (Å²) in [7, 11) is 1.63. The number of carbonyl (C=O) groups excluding carboxylic acids is 1. The Balaban J connectivity index is 1.45. The van der Waals surface area contributed by atoms with Crippen molar-refractivity contribution in [3.05, 3.63) is 42.7 Å². The fourth-order valence-corrected chi connectivity index (χ4v) is 2.74. The number of hydrogen-bond donors (Lipinski definition) is 1. The van der Waals surface area contributed by atoms with E-state index in [0.29, 0.717) is 17.9 Å². The lowest BCUT2D eigenvalue weighted by Crippen LogP contribution is -2.12. The van der Waals surface area contributed by atoms with Crippen LogP contribution in [-0.4, -0.2) is 29.0 Å². The Morgan fingerprint density at radius 3 is 2.79 bits per heavy atom. The van der Waals surface area contributed by atoms with E-state index in [0.717, 1.165) is 10.6 Å². The highest BCUT2D eigenvalue weighted by Gasteiger charge is 2.12. The average molecular weight is 345 g/mol. The summed E-state index contributed by atoms with van der Waals surface area (Å²) in [5.41, 5.74) is 0. The maximum Gasteiger partial charge on any atom is 0.322 e. The predicted molar refractivity (Wildman–Crippen MR) is 89.0 cm³/mol. The molecule has 0 atom stereocenters. The average Bonchev–Trinajstić information content (AvgIpc) is 3.27. The largest absolute Gasteiger partial charge is 0.497 e. The van der Waals surface area contributed by atoms with Gasteiger partial charge in [-0.25, -0.2) is 0 Å². The van der Waals surface area contributed by atoms with E-state index in [4.69, 9.17) is 13.6 Å². The Bertz CT molecular complexity index is 784. The molecule has 0 aliphatic carbocycles. The number of rotatable bonds is 7. The predicted octanol–water partition coefficient (Wildman–Crippen LogP) is 3.46. The van der Waals surface area contributed by atoms with E-state index in [1.807, 2.05) is 24.3 Å². The van der Waals surface area contributed by atoms with E-state index >= 15 is 0 Å². The van der Waals surface area contributed by atoms with Gasteiger partial charge in [0, 0.05) is 17.1 Å². The number of nitrogens with one attached hydrogen (secondary N) is 1. The molecule has 2 aromatic heterocycles. The van der Waals surface area contributed by atoms with Gasteiger partial charge in [-0.15, -0.1) is 16.9 Å². The fraction of sp³-hybridized carbons (Fsp3) is 0.188. The third-order valence-corrected chi connectivity index (χ3v) is 4.07. The van der Waals surface area contributed by atoms with Gasteiger partial charge in [-0.05, 0) is 36.4 Å². The molecule has 124 valence electrons. The van der Waals surface area contributed by atoms with Gasteiger partial charge in [-0.1, -0.05) is 5.10 Å². The van der Waals surface area contributed by atoms with Crippen molar-refractivity contribution in [2.24, 2.45) is 0 Å². The molecule has 0 spiro atoms. The van der Waals surface area contributed by atoms with Gasteiger partial charge in [-0.2, -0.15) is 0 Å². The second-order valence-corrected chi connectivity index (χ2v) is 5.88. The lowest BCUT2D eigenvalue weighted by molar-refractivity contribution is -0.115. The molecule has 0 fully saturated rings. The second-order valence-electron chi connectivity index (χ2n) is 4.71. The second kappa shape index (κ2) is 7.69. The topological polar surface area (TPSA) is 90.4 Å². The number of carbonyl (C=O) groups is 1. The number of thioether (sulfide) groups is 1. The van der Waals surface area contributed by atoms with Crippen LogP contribution in [0.5, 0.6) is 5.75 Å². The monoisotopic (exact) mass is 345 g/mol. The number of methoxy groups -OCH3 is 1. The van der Waals surface area contributed by atoms with Gasteiger partial charge in [-0.3, -0.25) is 10.1 Å². The highest BCUT2D eigenvalue weighted by molar-refractivity contribution is 7.99. The molecule has 0 radical (unpaired) electrons. The van der Waals surface area contributed by atoms with Gasteiger partial charge in [0.25, 0.3) is 5.89 Å². The SMILES string of the molecule is COc1ccc(SCCC(=O)Nc2nnc(-c3ccco3)o2)cc1. The Hall–Kier alpha value is -2.74. The molecule has 0 unspecified atom stereocenters. The number of amides is 1. The quantitative estimate of drug-likeness (QED) is 0.656. The van der Waals surface area contributed by atoms with Gasteiger partial charge in [0.1, 0.15) is 5.75 Å². The molecule has 0 saturated heterocycles. The maximum atomic E-state index is 11.9. The van der Waals surface area contributed by atoms with E-state index in [1.165, 1.54) is 6.26 Å². The molecule has 3 rings (SSSR count). The first kappa shape index (κ1) is 16.1. The number of nitrogens with zero attached hydrogens (tertiary/aromatic N) is 2. The van der Waals surface area contributed by atoms with Crippen molar-refractivity contribution in [1.82, 2.24) is 10.2 Å². The number of hydrogen-bond acceptors (Lipinski definition) is 7. The first-order valence-corrected chi connectivity index (χ1v) is 8.17. The summed E-state index contributed by atoms with van der Waals surface area (Å²) in [4.78, 5) is 13.0. The zero-order chi connectivity index (χ0) is 16.8. The molecular weight excluding hydrogens is 330 g/mol. The van der Waals surface area contributed by atoms with E-state index < -0.39 is 0 Å². The minimum Gasteiger partial charge on any atom is -0.497 e. The summed E-state index contributed by atoms with van der Waals surface area (Å²) < 4.78 is 15.6. The van der Waals surface area contributed by atoms with Crippen LogP contribution < -0.4 is 10.1 Å². The van der Waals surface area contributed by atoms with Crippen molar-refractivity contribution in [2.45, 2.75) is 11.3 Å². The smallest absolute Gasteiger partial charge is 0.322 e. The zero-order valence-electron chi connectivity index (χ0n) is 12.9. The summed E-state index contributed by atoms with van der Waals surface area (Å²) in [5, 5.41) is 10.2. The molecule has 8 heteroatoms. The Morgan fingerprint density at radius 1 is 1.25 bits per heavy atom. The van der Waals surface area contributed by atoms with Gasteiger partial charge < -0.3 is 13.6 Å². The molecular formula is C16H15N3O4S. The molecule has 0 aliphatic rings. The fourth-order valence-electron chi connectivity index (χ4n) is 1.89. The van der Waals surface area contributed by atoms with E-state index in [9.17, 15) is 4.79 Å². The van der Waals surface area contributed by atoms with Crippen molar-refractivity contribution in [3.63, 3.8) is 0 Å². The summed E-state index contributed by atoms with van der Waals surface area (Å²) in [6.07, 6.45) is 1.84. The number of anilines is 1. The van der Waals surface area contributed by atoms with Crippen molar-refractivity contribution in [2.75, 3.05) is 18.2 Å². The molecule has 3 aromatic rings. The first-order chi connectivity index (χ1) is 11.7. The Morgan fingerprint density at radius 2 is 2.08 bits per heavy atom. The normalized spacial score (nSPS) is 10.5. The molecule has 24 heavy (non-hydrogen) atoms. The lowest BCUT2D eigenvalue weighted by atomic mass is 10.3. The molecule has 1 N–H and O–H groups in total. The van der Waals surface area contributed by atoms with Crippen LogP contribution in [0.25, 0.3) is 11.7 Å². The summed E-state index contributed by atoms with van der Waals surface area (Å²) in [6.45, 7) is 0. The standard InChI is InChI=1S/C16H15N3O4S/c1-21-11-4-6-12(7-5-11)24-10-8-14(20)17-16-19-18-15(23-16)13-3-2-9-22-13/h2-7,9H,8,10H2,1H3,(H,17,19,20). The third kappa shape index (κ3) is 4.17. The molecule has 1 amide bonds. The molecule has 2 heterocycles. The van der Waals surface area contributed by atoms with E-state index in [2.05, 4.69) is 15.5 Å². The highest BCUT2D eigenvalue weighted by Crippen LogP contribution is 2.22. The Labute approximate surface area is 142 Å². The van der Waals surface area contributed by atoms with Crippen molar-refractivity contribution in [1.29, 1.82) is 0 Å². The molecule has 7 nitrogen and oxygen atoms in total. The molecule has 0 aliphatic heterocycles.